The summed E-state index contributed by atoms with van der Waals surface area (Å²) in [6.45, 7) is 8.90. The highest BCUT2D eigenvalue weighted by Gasteiger charge is 2.19. The largest absolute Gasteiger partial charge is 0.316 e. The Kier molecular flexibility index (Phi) is 5.49. The molecule has 0 aliphatic carbocycles. The number of nitrogens with one attached hydrogen (secondary N) is 1. The fourth-order valence-electron chi connectivity index (χ4n) is 1.89. The highest BCUT2D eigenvalue weighted by molar-refractivity contribution is 9.10. The van der Waals surface area contributed by atoms with Crippen molar-refractivity contribution in [3.8, 4) is 0 Å². The van der Waals surface area contributed by atoms with Crippen LogP contribution in [0.5, 0.6) is 0 Å². The molecule has 92 valence electrons. The van der Waals surface area contributed by atoms with Crippen LogP contribution in [0, 0.1) is 5.92 Å². The SMILES string of the molecule is CCCNCC(C)C(C)c1c(Br)cnn1C. The van der Waals surface area contributed by atoms with Crippen LogP contribution in [0.4, 0.5) is 0 Å². The fourth-order valence-corrected chi connectivity index (χ4v) is 2.59. The smallest absolute Gasteiger partial charge is 0.0635 e. The van der Waals surface area contributed by atoms with Crippen molar-refractivity contribution in [2.45, 2.75) is 33.1 Å². The Bertz CT molecular complexity index is 303. The zero-order valence-corrected chi connectivity index (χ0v) is 12.2. The van der Waals surface area contributed by atoms with Crippen LogP contribution in [-0.4, -0.2) is 22.9 Å². The van der Waals surface area contributed by atoms with E-state index in [0.717, 1.165) is 17.6 Å². The van der Waals surface area contributed by atoms with Crippen LogP contribution in [0.3, 0.4) is 0 Å². The maximum atomic E-state index is 4.27. The van der Waals surface area contributed by atoms with Gasteiger partial charge in [-0.05, 0) is 41.4 Å². The zero-order valence-electron chi connectivity index (χ0n) is 10.6. The van der Waals surface area contributed by atoms with Crippen molar-refractivity contribution in [2.75, 3.05) is 13.1 Å². The first kappa shape index (κ1) is 13.7. The molecule has 0 amide bonds. The molecule has 0 aliphatic heterocycles. The van der Waals surface area contributed by atoms with Gasteiger partial charge in [0, 0.05) is 13.0 Å². The number of aromatic nitrogens is 2. The van der Waals surface area contributed by atoms with Gasteiger partial charge in [0.15, 0.2) is 0 Å². The monoisotopic (exact) mass is 287 g/mol. The van der Waals surface area contributed by atoms with Gasteiger partial charge in [0.25, 0.3) is 0 Å². The van der Waals surface area contributed by atoms with Gasteiger partial charge in [-0.2, -0.15) is 5.10 Å². The summed E-state index contributed by atoms with van der Waals surface area (Å²) in [6, 6.07) is 0. The molecule has 2 atom stereocenters. The minimum Gasteiger partial charge on any atom is -0.316 e. The lowest BCUT2D eigenvalue weighted by Gasteiger charge is -2.21. The van der Waals surface area contributed by atoms with E-state index < -0.39 is 0 Å². The minimum atomic E-state index is 0.506. The normalized spacial score (nSPS) is 15.1. The Hall–Kier alpha value is -0.350. The standard InChI is InChI=1S/C12H22BrN3/c1-5-6-14-7-9(2)10(3)12-11(13)8-15-16(12)4/h8-10,14H,5-7H2,1-4H3. The summed E-state index contributed by atoms with van der Waals surface area (Å²) in [7, 11) is 2.00. The van der Waals surface area contributed by atoms with E-state index >= 15 is 0 Å². The molecule has 1 N–H and O–H groups in total. The van der Waals surface area contributed by atoms with Crippen molar-refractivity contribution in [1.82, 2.24) is 15.1 Å². The molecule has 3 nitrogen and oxygen atoms in total. The first-order valence-corrected chi connectivity index (χ1v) is 6.75. The van der Waals surface area contributed by atoms with Crippen molar-refractivity contribution < 1.29 is 0 Å². The van der Waals surface area contributed by atoms with Crippen LogP contribution in [0.25, 0.3) is 0 Å². The lowest BCUT2D eigenvalue weighted by Crippen LogP contribution is -2.26. The van der Waals surface area contributed by atoms with E-state index in [1.807, 2.05) is 17.9 Å². The summed E-state index contributed by atoms with van der Waals surface area (Å²) in [6.07, 6.45) is 3.06. The number of aryl methyl sites for hydroxylation is 1. The quantitative estimate of drug-likeness (QED) is 0.816. The predicted octanol–water partition coefficient (Wildman–Crippen LogP) is 2.92. The minimum absolute atomic E-state index is 0.506. The first-order valence-electron chi connectivity index (χ1n) is 5.96. The van der Waals surface area contributed by atoms with E-state index in [2.05, 4.69) is 47.1 Å². The van der Waals surface area contributed by atoms with Crippen LogP contribution in [0.2, 0.25) is 0 Å². The van der Waals surface area contributed by atoms with E-state index in [1.54, 1.807) is 0 Å². The molecule has 1 rings (SSSR count). The number of rotatable bonds is 6. The van der Waals surface area contributed by atoms with E-state index in [9.17, 15) is 0 Å². The summed E-state index contributed by atoms with van der Waals surface area (Å²) >= 11 is 3.56. The van der Waals surface area contributed by atoms with Gasteiger partial charge in [0.1, 0.15) is 0 Å². The van der Waals surface area contributed by atoms with Gasteiger partial charge < -0.3 is 5.32 Å². The molecule has 2 unspecified atom stereocenters. The maximum Gasteiger partial charge on any atom is 0.0635 e. The lowest BCUT2D eigenvalue weighted by molar-refractivity contribution is 0.429. The van der Waals surface area contributed by atoms with Gasteiger partial charge >= 0.3 is 0 Å². The molecular formula is C12H22BrN3. The van der Waals surface area contributed by atoms with Crippen LogP contribution in [0.15, 0.2) is 10.7 Å². The highest BCUT2D eigenvalue weighted by Crippen LogP contribution is 2.29. The van der Waals surface area contributed by atoms with Gasteiger partial charge in [-0.25, -0.2) is 0 Å². The van der Waals surface area contributed by atoms with E-state index in [1.165, 1.54) is 12.1 Å². The Labute approximate surface area is 107 Å². The van der Waals surface area contributed by atoms with Crippen molar-refractivity contribution >= 4 is 15.9 Å². The zero-order chi connectivity index (χ0) is 12.1. The molecule has 0 saturated heterocycles. The summed E-state index contributed by atoms with van der Waals surface area (Å²) in [5.74, 6) is 1.12. The molecule has 1 aromatic heterocycles. The predicted molar refractivity (Wildman–Crippen MR) is 71.6 cm³/mol. The summed E-state index contributed by atoms with van der Waals surface area (Å²) in [5, 5.41) is 7.74. The van der Waals surface area contributed by atoms with Gasteiger partial charge in [0.05, 0.1) is 16.4 Å². The second-order valence-corrected chi connectivity index (χ2v) is 5.33. The molecule has 0 aromatic carbocycles. The second kappa shape index (κ2) is 6.40. The van der Waals surface area contributed by atoms with Gasteiger partial charge in [-0.15, -0.1) is 0 Å². The van der Waals surface area contributed by atoms with E-state index in [4.69, 9.17) is 0 Å². The molecule has 0 saturated carbocycles. The summed E-state index contributed by atoms with van der Waals surface area (Å²) in [4.78, 5) is 0. The summed E-state index contributed by atoms with van der Waals surface area (Å²) < 4.78 is 3.08. The average Bonchev–Trinajstić information content (AvgIpc) is 2.58. The molecule has 4 heteroatoms. The van der Waals surface area contributed by atoms with Crippen LogP contribution in [0.1, 0.15) is 38.8 Å². The lowest BCUT2D eigenvalue weighted by atomic mass is 9.92. The highest BCUT2D eigenvalue weighted by atomic mass is 79.9. The fraction of sp³-hybridized carbons (Fsp3) is 0.750. The third-order valence-electron chi connectivity index (χ3n) is 3.12. The Morgan fingerprint density at radius 2 is 2.19 bits per heavy atom. The third-order valence-corrected chi connectivity index (χ3v) is 3.73. The second-order valence-electron chi connectivity index (χ2n) is 4.47. The molecule has 16 heavy (non-hydrogen) atoms. The van der Waals surface area contributed by atoms with Crippen molar-refractivity contribution in [3.63, 3.8) is 0 Å². The number of hydrogen-bond donors (Lipinski definition) is 1. The molecule has 1 heterocycles. The summed E-state index contributed by atoms with van der Waals surface area (Å²) in [5.41, 5.74) is 1.28. The number of hydrogen-bond acceptors (Lipinski definition) is 2. The molecular weight excluding hydrogens is 266 g/mol. The molecule has 0 spiro atoms. The number of nitrogens with zero attached hydrogens (tertiary/aromatic N) is 2. The maximum absolute atomic E-state index is 4.27. The average molecular weight is 288 g/mol. The molecule has 1 aromatic rings. The van der Waals surface area contributed by atoms with Crippen LogP contribution < -0.4 is 5.32 Å². The third kappa shape index (κ3) is 3.32. The van der Waals surface area contributed by atoms with Crippen molar-refractivity contribution in [2.24, 2.45) is 13.0 Å². The van der Waals surface area contributed by atoms with Gasteiger partial charge in [0.2, 0.25) is 0 Å². The van der Waals surface area contributed by atoms with Gasteiger partial charge in [-0.1, -0.05) is 20.8 Å². The molecule has 0 radical (unpaired) electrons. The van der Waals surface area contributed by atoms with Crippen LogP contribution in [-0.2, 0) is 7.05 Å². The first-order chi connectivity index (χ1) is 7.57. The molecule has 0 fully saturated rings. The molecule has 0 aliphatic rings. The topological polar surface area (TPSA) is 29.9 Å². The Morgan fingerprint density at radius 3 is 2.69 bits per heavy atom. The van der Waals surface area contributed by atoms with Gasteiger partial charge in [-0.3, -0.25) is 4.68 Å². The number of halogens is 1. The Balaban J connectivity index is 2.59. The van der Waals surface area contributed by atoms with E-state index in [-0.39, 0.29) is 0 Å². The van der Waals surface area contributed by atoms with Crippen LogP contribution >= 0.6 is 15.9 Å². The van der Waals surface area contributed by atoms with Crippen molar-refractivity contribution in [1.29, 1.82) is 0 Å². The Morgan fingerprint density at radius 1 is 1.50 bits per heavy atom. The molecule has 0 bridgehead atoms. The van der Waals surface area contributed by atoms with Crippen molar-refractivity contribution in [3.05, 3.63) is 16.4 Å². The van der Waals surface area contributed by atoms with E-state index in [0.29, 0.717) is 11.8 Å².